The van der Waals surface area contributed by atoms with Gasteiger partial charge < -0.3 is 14.9 Å². The molecule has 5 heteroatoms. The van der Waals surface area contributed by atoms with Crippen LogP contribution in [0.2, 0.25) is 5.02 Å². The van der Waals surface area contributed by atoms with Gasteiger partial charge in [0.15, 0.2) is 0 Å². The highest BCUT2D eigenvalue weighted by molar-refractivity contribution is 6.30. The third-order valence-corrected chi connectivity index (χ3v) is 5.13. The molecule has 3 atom stereocenters. The fourth-order valence-corrected chi connectivity index (χ4v) is 3.64. The number of hydrogen-bond acceptors (Lipinski definition) is 3. The highest BCUT2D eigenvalue weighted by atomic mass is 35.5. The number of carboxylic acid groups (broad SMARTS) is 1. The Labute approximate surface area is 166 Å². The van der Waals surface area contributed by atoms with Crippen LogP contribution in [0.1, 0.15) is 44.9 Å². The average molecular weight is 393 g/mol. The molecule has 1 aromatic rings. The number of unbranched alkanes of at least 4 members (excludes halogenated alkanes) is 1. The Morgan fingerprint density at radius 1 is 1.22 bits per heavy atom. The fraction of sp³-hybridized carbons (Fsp3) is 0.500. The Bertz CT molecular complexity index is 641. The highest BCUT2D eigenvalue weighted by Crippen LogP contribution is 2.35. The van der Waals surface area contributed by atoms with E-state index in [0.717, 1.165) is 37.9 Å². The molecule has 0 radical (unpaired) electrons. The Kier molecular flexibility index (Phi) is 9.43. The first-order valence-corrected chi connectivity index (χ1v) is 10.0. The zero-order chi connectivity index (χ0) is 19.5. The summed E-state index contributed by atoms with van der Waals surface area (Å²) >= 11 is 5.93. The van der Waals surface area contributed by atoms with E-state index in [1.165, 1.54) is 0 Å². The van der Waals surface area contributed by atoms with Crippen LogP contribution in [0.4, 0.5) is 0 Å². The van der Waals surface area contributed by atoms with E-state index in [2.05, 4.69) is 24.3 Å². The molecular weight excluding hydrogens is 364 g/mol. The molecule has 2 rings (SSSR count). The zero-order valence-electron chi connectivity index (χ0n) is 15.6. The number of aliphatic hydroxyl groups excluding tert-OH is 1. The normalized spacial score (nSPS) is 22.7. The molecule has 1 saturated carbocycles. The minimum absolute atomic E-state index is 0.180. The second-order valence-corrected chi connectivity index (χ2v) is 7.43. The molecule has 27 heavy (non-hydrogen) atoms. The second kappa shape index (κ2) is 11.8. The van der Waals surface area contributed by atoms with E-state index in [4.69, 9.17) is 21.4 Å². The van der Waals surface area contributed by atoms with Gasteiger partial charge in [0.2, 0.25) is 0 Å². The van der Waals surface area contributed by atoms with Gasteiger partial charge in [0.25, 0.3) is 0 Å². The summed E-state index contributed by atoms with van der Waals surface area (Å²) in [5.41, 5.74) is 0. The van der Waals surface area contributed by atoms with E-state index in [-0.39, 0.29) is 18.4 Å². The third kappa shape index (κ3) is 8.19. The number of benzene rings is 1. The summed E-state index contributed by atoms with van der Waals surface area (Å²) in [5.74, 6) is 0.648. The lowest BCUT2D eigenvalue weighted by Gasteiger charge is -2.17. The molecule has 1 aliphatic rings. The van der Waals surface area contributed by atoms with E-state index < -0.39 is 5.97 Å². The van der Waals surface area contributed by atoms with Crippen LogP contribution < -0.4 is 4.74 Å². The van der Waals surface area contributed by atoms with Gasteiger partial charge in [-0.05, 0) is 62.6 Å². The first-order valence-electron chi connectivity index (χ1n) is 9.66. The number of carboxylic acids is 1. The summed E-state index contributed by atoms with van der Waals surface area (Å²) in [6.07, 6.45) is 13.4. The minimum Gasteiger partial charge on any atom is -0.493 e. The molecule has 148 valence electrons. The lowest BCUT2D eigenvalue weighted by atomic mass is 9.91. The van der Waals surface area contributed by atoms with Crippen molar-refractivity contribution in [1.29, 1.82) is 0 Å². The minimum atomic E-state index is -0.744. The van der Waals surface area contributed by atoms with Crippen molar-refractivity contribution in [2.45, 2.75) is 51.0 Å². The van der Waals surface area contributed by atoms with Gasteiger partial charge in [-0.2, -0.15) is 0 Å². The topological polar surface area (TPSA) is 66.8 Å². The largest absolute Gasteiger partial charge is 0.493 e. The Morgan fingerprint density at radius 2 is 2.07 bits per heavy atom. The van der Waals surface area contributed by atoms with Gasteiger partial charge in [-0.15, -0.1) is 0 Å². The van der Waals surface area contributed by atoms with Crippen molar-refractivity contribution >= 4 is 17.6 Å². The molecule has 4 nitrogen and oxygen atoms in total. The summed E-state index contributed by atoms with van der Waals surface area (Å²) in [7, 11) is 0. The number of ether oxygens (including phenoxy) is 1. The lowest BCUT2D eigenvalue weighted by Crippen LogP contribution is -2.16. The Morgan fingerprint density at radius 3 is 2.85 bits per heavy atom. The maximum Gasteiger partial charge on any atom is 0.303 e. The molecule has 0 saturated heterocycles. The predicted molar refractivity (Wildman–Crippen MR) is 108 cm³/mol. The van der Waals surface area contributed by atoms with Crippen molar-refractivity contribution < 1.29 is 19.7 Å². The summed E-state index contributed by atoms with van der Waals surface area (Å²) in [4.78, 5) is 10.5. The molecule has 0 aliphatic heterocycles. The van der Waals surface area contributed by atoms with Crippen LogP contribution >= 0.6 is 11.6 Å². The predicted octanol–water partition coefficient (Wildman–Crippen LogP) is 5.25. The van der Waals surface area contributed by atoms with E-state index in [1.54, 1.807) is 6.07 Å². The summed E-state index contributed by atoms with van der Waals surface area (Å²) in [5, 5.41) is 19.5. The van der Waals surface area contributed by atoms with Crippen LogP contribution in [0, 0.1) is 11.8 Å². The fourth-order valence-electron chi connectivity index (χ4n) is 3.46. The number of allylic oxidation sites excluding steroid dienone is 2. The van der Waals surface area contributed by atoms with Gasteiger partial charge in [0, 0.05) is 17.4 Å². The average Bonchev–Trinajstić information content (AvgIpc) is 2.97. The number of aliphatic carboxylic acids is 1. The molecule has 0 bridgehead atoms. The number of hydrogen-bond donors (Lipinski definition) is 2. The van der Waals surface area contributed by atoms with Crippen molar-refractivity contribution in [1.82, 2.24) is 0 Å². The smallest absolute Gasteiger partial charge is 0.303 e. The molecule has 1 aromatic carbocycles. The first kappa shape index (κ1) is 21.5. The Hall–Kier alpha value is -1.78. The number of halogens is 1. The number of rotatable bonds is 11. The second-order valence-electron chi connectivity index (χ2n) is 7.00. The van der Waals surface area contributed by atoms with Crippen LogP contribution in [-0.2, 0) is 4.79 Å². The van der Waals surface area contributed by atoms with E-state index in [1.807, 2.05) is 18.2 Å². The van der Waals surface area contributed by atoms with Crippen molar-refractivity contribution in [2.75, 3.05) is 6.61 Å². The number of carbonyl (C=O) groups is 1. The van der Waals surface area contributed by atoms with Crippen LogP contribution in [0.3, 0.4) is 0 Å². The van der Waals surface area contributed by atoms with Gasteiger partial charge in [0.1, 0.15) is 5.75 Å². The van der Waals surface area contributed by atoms with Gasteiger partial charge >= 0.3 is 5.97 Å². The van der Waals surface area contributed by atoms with Crippen LogP contribution in [0.25, 0.3) is 0 Å². The molecule has 2 N–H and O–H groups in total. The lowest BCUT2D eigenvalue weighted by molar-refractivity contribution is -0.137. The van der Waals surface area contributed by atoms with Crippen LogP contribution in [0.5, 0.6) is 5.75 Å². The summed E-state index contributed by atoms with van der Waals surface area (Å²) in [6.45, 7) is 0.577. The van der Waals surface area contributed by atoms with Crippen LogP contribution in [-0.4, -0.2) is 28.9 Å². The molecule has 1 fully saturated rings. The molecule has 0 spiro atoms. The van der Waals surface area contributed by atoms with E-state index in [0.29, 0.717) is 24.0 Å². The number of aliphatic hydroxyl groups is 1. The zero-order valence-corrected chi connectivity index (χ0v) is 16.4. The maximum absolute atomic E-state index is 10.5. The quantitative estimate of drug-likeness (QED) is 0.398. The molecule has 0 amide bonds. The Balaban J connectivity index is 1.70. The molecule has 1 aliphatic carbocycles. The van der Waals surface area contributed by atoms with Gasteiger partial charge in [0.05, 0.1) is 12.7 Å². The standard InChI is InChI=1S/C22H29ClO4/c23-18-9-7-10-19(16-18)27-15-6-5-11-20-17(13-14-21(20)24)8-3-1-2-4-12-22(25)26/h1,3,5,7,9-11,16-17,20-21,24H,2,4,6,8,12-15H2,(H,25,26)/b3-1-,11-5+/t17-,20+,21+/m0/s1. The third-order valence-electron chi connectivity index (χ3n) is 4.90. The van der Waals surface area contributed by atoms with E-state index >= 15 is 0 Å². The van der Waals surface area contributed by atoms with Gasteiger partial charge in [-0.25, -0.2) is 0 Å². The summed E-state index contributed by atoms with van der Waals surface area (Å²) in [6, 6.07) is 7.36. The monoisotopic (exact) mass is 392 g/mol. The van der Waals surface area contributed by atoms with Crippen molar-refractivity contribution in [3.05, 3.63) is 53.6 Å². The van der Waals surface area contributed by atoms with Crippen molar-refractivity contribution in [3.63, 3.8) is 0 Å². The van der Waals surface area contributed by atoms with Crippen molar-refractivity contribution in [2.24, 2.45) is 11.8 Å². The van der Waals surface area contributed by atoms with Crippen molar-refractivity contribution in [3.8, 4) is 5.75 Å². The molecular formula is C22H29ClO4. The molecule has 0 heterocycles. The molecule has 0 unspecified atom stereocenters. The van der Waals surface area contributed by atoms with E-state index in [9.17, 15) is 9.90 Å². The summed E-state index contributed by atoms with van der Waals surface area (Å²) < 4.78 is 5.67. The van der Waals surface area contributed by atoms with Gasteiger partial charge in [-0.3, -0.25) is 4.79 Å². The van der Waals surface area contributed by atoms with Crippen LogP contribution in [0.15, 0.2) is 48.6 Å². The highest BCUT2D eigenvalue weighted by Gasteiger charge is 2.31. The SMILES string of the molecule is O=C(O)CCC/C=C\C[C@H]1CC[C@@H](O)[C@@H]1/C=C/CCOc1cccc(Cl)c1. The van der Waals surface area contributed by atoms with Gasteiger partial charge in [-0.1, -0.05) is 42.0 Å². The first-order chi connectivity index (χ1) is 13.1. The molecule has 0 aromatic heterocycles. The maximum atomic E-state index is 10.5.